The molecule has 0 bridgehead atoms. The number of amides is 1. The predicted octanol–water partition coefficient (Wildman–Crippen LogP) is 3.20. The Kier molecular flexibility index (Phi) is 5.20. The van der Waals surface area contributed by atoms with E-state index in [-0.39, 0.29) is 12.3 Å². The molecule has 0 radical (unpaired) electrons. The summed E-state index contributed by atoms with van der Waals surface area (Å²) in [6, 6.07) is 15.9. The Morgan fingerprint density at radius 1 is 1.14 bits per heavy atom. The van der Waals surface area contributed by atoms with E-state index in [2.05, 4.69) is 57.0 Å². The predicted molar refractivity (Wildman–Crippen MR) is 108 cm³/mol. The number of thiazole rings is 1. The lowest BCUT2D eigenvalue weighted by atomic mass is 10.1. The maximum Gasteiger partial charge on any atom is 0.230 e. The zero-order valence-corrected chi connectivity index (χ0v) is 16.1. The van der Waals surface area contributed by atoms with Crippen LogP contribution in [0.2, 0.25) is 0 Å². The highest BCUT2D eigenvalue weighted by Crippen LogP contribution is 2.22. The summed E-state index contributed by atoms with van der Waals surface area (Å²) in [4.78, 5) is 17.8. The Morgan fingerprint density at radius 3 is 2.75 bits per heavy atom. The molecule has 2 aromatic carbocycles. The van der Waals surface area contributed by atoms with Gasteiger partial charge in [0.05, 0.1) is 12.1 Å². The minimum absolute atomic E-state index is 0.0911. The largest absolute Gasteiger partial charge is 0.302 e. The van der Waals surface area contributed by atoms with Crippen molar-refractivity contribution in [3.8, 4) is 5.69 Å². The van der Waals surface area contributed by atoms with Crippen LogP contribution in [0, 0.1) is 6.92 Å². The van der Waals surface area contributed by atoms with Gasteiger partial charge in [-0.15, -0.1) is 16.4 Å². The summed E-state index contributed by atoms with van der Waals surface area (Å²) in [5.41, 5.74) is 4.23. The molecule has 0 aliphatic rings. The molecule has 2 aromatic heterocycles. The maximum atomic E-state index is 12.3. The smallest absolute Gasteiger partial charge is 0.230 e. The topological polar surface area (TPSA) is 85.6 Å². The van der Waals surface area contributed by atoms with Crippen molar-refractivity contribution in [2.75, 3.05) is 5.32 Å². The first-order valence-corrected chi connectivity index (χ1v) is 9.60. The molecule has 140 valence electrons. The van der Waals surface area contributed by atoms with Gasteiger partial charge in [-0.2, -0.15) is 0 Å². The van der Waals surface area contributed by atoms with E-state index in [0.717, 1.165) is 22.5 Å². The summed E-state index contributed by atoms with van der Waals surface area (Å²) in [7, 11) is 0. The number of nitrogens with one attached hydrogen (secondary N) is 1. The van der Waals surface area contributed by atoms with E-state index in [0.29, 0.717) is 5.13 Å². The minimum atomic E-state index is -0.0911. The molecule has 7 nitrogen and oxygen atoms in total. The van der Waals surface area contributed by atoms with Crippen LogP contribution in [0.4, 0.5) is 5.13 Å². The van der Waals surface area contributed by atoms with Gasteiger partial charge in [0, 0.05) is 17.5 Å². The number of rotatable bonds is 6. The van der Waals surface area contributed by atoms with Crippen LogP contribution >= 0.6 is 11.3 Å². The van der Waals surface area contributed by atoms with E-state index >= 15 is 0 Å². The zero-order valence-electron chi connectivity index (χ0n) is 15.2. The number of hydrogen-bond donors (Lipinski definition) is 1. The van der Waals surface area contributed by atoms with Gasteiger partial charge in [-0.05, 0) is 40.6 Å². The lowest BCUT2D eigenvalue weighted by Crippen LogP contribution is -2.14. The molecule has 4 aromatic rings. The van der Waals surface area contributed by atoms with Gasteiger partial charge in [0.25, 0.3) is 0 Å². The normalized spacial score (nSPS) is 10.8. The van der Waals surface area contributed by atoms with Gasteiger partial charge in [0.1, 0.15) is 6.33 Å². The lowest BCUT2D eigenvalue weighted by molar-refractivity contribution is -0.115. The van der Waals surface area contributed by atoms with Gasteiger partial charge in [-0.25, -0.2) is 9.67 Å². The second-order valence-corrected chi connectivity index (χ2v) is 7.56. The van der Waals surface area contributed by atoms with Gasteiger partial charge >= 0.3 is 0 Å². The number of benzene rings is 2. The molecule has 4 rings (SSSR count). The van der Waals surface area contributed by atoms with E-state index in [9.17, 15) is 4.79 Å². The first-order chi connectivity index (χ1) is 13.7. The highest BCUT2D eigenvalue weighted by Gasteiger charge is 2.09. The van der Waals surface area contributed by atoms with Crippen LogP contribution < -0.4 is 5.32 Å². The number of nitrogens with zero attached hydrogens (tertiary/aromatic N) is 5. The van der Waals surface area contributed by atoms with Crippen LogP contribution in [0.3, 0.4) is 0 Å². The van der Waals surface area contributed by atoms with Crippen molar-refractivity contribution >= 4 is 22.4 Å². The van der Waals surface area contributed by atoms with E-state index in [1.807, 2.05) is 30.5 Å². The average Bonchev–Trinajstić information content (AvgIpc) is 3.35. The monoisotopic (exact) mass is 390 g/mol. The number of carbonyl (C=O) groups is 1. The third-order valence-electron chi connectivity index (χ3n) is 4.18. The molecule has 0 unspecified atom stereocenters. The maximum absolute atomic E-state index is 12.3. The van der Waals surface area contributed by atoms with Crippen molar-refractivity contribution in [3.05, 3.63) is 82.6 Å². The van der Waals surface area contributed by atoms with Gasteiger partial charge in [-0.3, -0.25) is 4.79 Å². The molecule has 0 saturated carbocycles. The zero-order chi connectivity index (χ0) is 19.3. The van der Waals surface area contributed by atoms with Crippen LogP contribution in [0.5, 0.6) is 0 Å². The van der Waals surface area contributed by atoms with E-state index in [4.69, 9.17) is 0 Å². The summed E-state index contributed by atoms with van der Waals surface area (Å²) in [5.74, 6) is -0.0911. The Balaban J connectivity index is 1.34. The number of aryl methyl sites for hydroxylation is 1. The molecule has 0 saturated heterocycles. The molecule has 0 spiro atoms. The molecule has 0 atom stereocenters. The van der Waals surface area contributed by atoms with Gasteiger partial charge < -0.3 is 5.32 Å². The molecular weight excluding hydrogens is 372 g/mol. The molecule has 0 aliphatic carbocycles. The Morgan fingerprint density at radius 2 is 2.00 bits per heavy atom. The van der Waals surface area contributed by atoms with Crippen molar-refractivity contribution in [3.63, 3.8) is 0 Å². The van der Waals surface area contributed by atoms with Crippen LogP contribution in [0.15, 0.2) is 61.1 Å². The molecule has 28 heavy (non-hydrogen) atoms. The molecule has 1 amide bonds. The quantitative estimate of drug-likeness (QED) is 0.546. The number of carbonyl (C=O) groups excluding carboxylic acids is 1. The Bertz CT molecular complexity index is 1070. The van der Waals surface area contributed by atoms with Crippen molar-refractivity contribution in [2.45, 2.75) is 19.8 Å². The SMILES string of the molecule is Cc1cccc(Cc2cnc(NC(=O)Cc3ccc(-n4cnnn4)cc3)s2)c1. The fourth-order valence-corrected chi connectivity index (χ4v) is 3.73. The van der Waals surface area contributed by atoms with E-state index in [1.165, 1.54) is 28.8 Å². The van der Waals surface area contributed by atoms with Crippen LogP contribution in [-0.4, -0.2) is 31.1 Å². The second-order valence-electron chi connectivity index (χ2n) is 6.44. The average molecular weight is 390 g/mol. The number of anilines is 1. The fourth-order valence-electron chi connectivity index (χ4n) is 2.87. The van der Waals surface area contributed by atoms with Crippen LogP contribution in [0.1, 0.15) is 21.6 Å². The summed E-state index contributed by atoms with van der Waals surface area (Å²) >= 11 is 1.50. The van der Waals surface area contributed by atoms with Gasteiger partial charge in [0.2, 0.25) is 5.91 Å². The third kappa shape index (κ3) is 4.47. The number of tetrazole rings is 1. The first kappa shape index (κ1) is 18.0. The van der Waals surface area contributed by atoms with Crippen molar-refractivity contribution in [1.82, 2.24) is 25.2 Å². The standard InChI is InChI=1S/C20H18N6OS/c1-14-3-2-4-16(9-14)10-18-12-21-20(28-18)23-19(27)11-15-5-7-17(8-6-15)26-13-22-24-25-26/h2-9,12-13H,10-11H2,1H3,(H,21,23,27). The highest BCUT2D eigenvalue weighted by atomic mass is 32.1. The van der Waals surface area contributed by atoms with E-state index < -0.39 is 0 Å². The van der Waals surface area contributed by atoms with Crippen molar-refractivity contribution in [1.29, 1.82) is 0 Å². The lowest BCUT2D eigenvalue weighted by Gasteiger charge is -2.04. The summed E-state index contributed by atoms with van der Waals surface area (Å²) in [5, 5.41) is 14.6. The summed E-state index contributed by atoms with van der Waals surface area (Å²) in [6.45, 7) is 2.08. The summed E-state index contributed by atoms with van der Waals surface area (Å²) in [6.07, 6.45) is 4.44. The molecule has 0 aliphatic heterocycles. The van der Waals surface area contributed by atoms with Gasteiger partial charge in [-0.1, -0.05) is 42.0 Å². The fraction of sp³-hybridized carbons (Fsp3) is 0.150. The van der Waals surface area contributed by atoms with E-state index in [1.54, 1.807) is 4.68 Å². The van der Waals surface area contributed by atoms with Crippen LogP contribution in [0.25, 0.3) is 5.69 Å². The molecular formula is C20H18N6OS. The minimum Gasteiger partial charge on any atom is -0.302 e. The summed E-state index contributed by atoms with van der Waals surface area (Å²) < 4.78 is 1.56. The molecule has 2 heterocycles. The van der Waals surface area contributed by atoms with Crippen LogP contribution in [-0.2, 0) is 17.6 Å². The third-order valence-corrected chi connectivity index (χ3v) is 5.09. The molecule has 0 fully saturated rings. The van der Waals surface area contributed by atoms with Gasteiger partial charge in [0.15, 0.2) is 5.13 Å². The first-order valence-electron chi connectivity index (χ1n) is 8.78. The highest BCUT2D eigenvalue weighted by molar-refractivity contribution is 7.15. The molecule has 8 heteroatoms. The Hall–Kier alpha value is -3.39. The van der Waals surface area contributed by atoms with Crippen molar-refractivity contribution < 1.29 is 4.79 Å². The molecule has 1 N–H and O–H groups in total. The van der Waals surface area contributed by atoms with Crippen molar-refractivity contribution in [2.24, 2.45) is 0 Å². The second kappa shape index (κ2) is 8.10. The Labute approximate surface area is 166 Å². The number of hydrogen-bond acceptors (Lipinski definition) is 6. The number of aromatic nitrogens is 5.